The van der Waals surface area contributed by atoms with E-state index in [4.69, 9.17) is 9.26 Å². The van der Waals surface area contributed by atoms with Gasteiger partial charge in [-0.2, -0.15) is 16.3 Å². The van der Waals surface area contributed by atoms with Gasteiger partial charge in [0.15, 0.2) is 0 Å². The van der Waals surface area contributed by atoms with Gasteiger partial charge in [0, 0.05) is 6.54 Å². The van der Waals surface area contributed by atoms with E-state index in [9.17, 15) is 4.79 Å². The summed E-state index contributed by atoms with van der Waals surface area (Å²) in [5, 5.41) is 11.6. The number of fused-ring (bicyclic) bond motifs is 1. The number of ether oxygens (including phenoxy) is 1. The van der Waals surface area contributed by atoms with Crippen LogP contribution in [0, 0.1) is 6.92 Å². The molecule has 0 aliphatic rings. The number of hydrogen-bond acceptors (Lipinski definition) is 8. The number of nitrogens with one attached hydrogen (secondary N) is 1. The molecule has 0 atom stereocenters. The molecular weight excluding hydrogens is 316 g/mol. The number of carbonyl (C=O) groups is 1. The van der Waals surface area contributed by atoms with Crippen LogP contribution in [0.5, 0.6) is 0 Å². The van der Waals surface area contributed by atoms with E-state index in [0.29, 0.717) is 23.6 Å². The highest BCUT2D eigenvalue weighted by Gasteiger charge is 2.22. The molecule has 8 heteroatoms. The number of thiophene rings is 1. The van der Waals surface area contributed by atoms with E-state index < -0.39 is 5.97 Å². The monoisotopic (exact) mass is 332 g/mol. The zero-order chi connectivity index (χ0) is 16.2. The molecule has 120 valence electrons. The highest BCUT2D eigenvalue weighted by Crippen LogP contribution is 2.25. The molecule has 3 aromatic heterocycles. The molecule has 3 rings (SSSR count). The Bertz CT molecular complexity index is 814. The quantitative estimate of drug-likeness (QED) is 0.694. The fraction of sp³-hybridized carbons (Fsp3) is 0.333. The topological polar surface area (TPSA) is 90.1 Å². The molecule has 3 aromatic rings. The van der Waals surface area contributed by atoms with Crippen LogP contribution < -0.4 is 5.32 Å². The Hall–Kier alpha value is -2.48. The maximum Gasteiger partial charge on any atom is 0.361 e. The standard InChI is InChI=1S/C15H16N4O3S/c1-3-21-15(20)12-11-13(16-6-4-10-5-7-23-8-10)17-9(2)18-14(11)22-19-12/h5,7-8H,3-4,6H2,1-2H3,(H,16,17,18). The van der Waals surface area contributed by atoms with Gasteiger partial charge in [0.25, 0.3) is 5.71 Å². The van der Waals surface area contributed by atoms with Crippen LogP contribution in [0.2, 0.25) is 0 Å². The van der Waals surface area contributed by atoms with Gasteiger partial charge in [-0.25, -0.2) is 9.78 Å². The van der Waals surface area contributed by atoms with Gasteiger partial charge in [0.1, 0.15) is 17.0 Å². The molecule has 0 fully saturated rings. The molecule has 0 saturated heterocycles. The number of carbonyl (C=O) groups excluding carboxylic acids is 1. The van der Waals surface area contributed by atoms with Gasteiger partial charge in [-0.1, -0.05) is 5.16 Å². The summed E-state index contributed by atoms with van der Waals surface area (Å²) < 4.78 is 10.1. The van der Waals surface area contributed by atoms with E-state index in [0.717, 1.165) is 6.42 Å². The van der Waals surface area contributed by atoms with E-state index in [1.807, 2.05) is 5.38 Å². The fourth-order valence-electron chi connectivity index (χ4n) is 2.19. The summed E-state index contributed by atoms with van der Waals surface area (Å²) in [6.07, 6.45) is 0.855. The molecular formula is C15H16N4O3S. The summed E-state index contributed by atoms with van der Waals surface area (Å²) in [4.78, 5) is 20.5. The highest BCUT2D eigenvalue weighted by molar-refractivity contribution is 7.07. The number of hydrogen-bond donors (Lipinski definition) is 1. The van der Waals surface area contributed by atoms with Crippen molar-refractivity contribution in [3.05, 3.63) is 33.9 Å². The molecule has 0 radical (unpaired) electrons. The number of aryl methyl sites for hydroxylation is 1. The maximum atomic E-state index is 12.0. The molecule has 23 heavy (non-hydrogen) atoms. The van der Waals surface area contributed by atoms with Crippen LogP contribution in [0.15, 0.2) is 21.3 Å². The summed E-state index contributed by atoms with van der Waals surface area (Å²) in [5.41, 5.74) is 1.62. The first kappa shape index (κ1) is 15.4. The summed E-state index contributed by atoms with van der Waals surface area (Å²) >= 11 is 1.66. The van der Waals surface area contributed by atoms with E-state index in [1.165, 1.54) is 5.56 Å². The Morgan fingerprint density at radius 2 is 2.30 bits per heavy atom. The molecule has 0 saturated carbocycles. The lowest BCUT2D eigenvalue weighted by atomic mass is 10.2. The van der Waals surface area contributed by atoms with Crippen molar-refractivity contribution in [1.29, 1.82) is 0 Å². The second kappa shape index (κ2) is 6.74. The maximum absolute atomic E-state index is 12.0. The van der Waals surface area contributed by atoms with Crippen molar-refractivity contribution in [3.8, 4) is 0 Å². The van der Waals surface area contributed by atoms with Crippen LogP contribution in [-0.2, 0) is 11.2 Å². The number of esters is 1. The van der Waals surface area contributed by atoms with Crippen molar-refractivity contribution < 1.29 is 14.1 Å². The van der Waals surface area contributed by atoms with Gasteiger partial charge in [0.2, 0.25) is 5.69 Å². The van der Waals surface area contributed by atoms with Crippen LogP contribution in [0.25, 0.3) is 11.1 Å². The van der Waals surface area contributed by atoms with Crippen molar-refractivity contribution in [2.45, 2.75) is 20.3 Å². The molecule has 0 aromatic carbocycles. The van der Waals surface area contributed by atoms with Gasteiger partial charge < -0.3 is 14.6 Å². The van der Waals surface area contributed by atoms with Crippen LogP contribution in [0.1, 0.15) is 28.8 Å². The first-order valence-corrected chi connectivity index (χ1v) is 8.19. The minimum Gasteiger partial charge on any atom is -0.461 e. The molecule has 0 spiro atoms. The van der Waals surface area contributed by atoms with Gasteiger partial charge in [-0.05, 0) is 42.7 Å². The SMILES string of the molecule is CCOC(=O)c1noc2nc(C)nc(NCCc3ccsc3)c12. The molecule has 0 unspecified atom stereocenters. The normalized spacial score (nSPS) is 10.9. The number of aromatic nitrogens is 3. The van der Waals surface area contributed by atoms with E-state index in [-0.39, 0.29) is 18.0 Å². The summed E-state index contributed by atoms with van der Waals surface area (Å²) in [6, 6.07) is 2.08. The van der Waals surface area contributed by atoms with Crippen LogP contribution in [0.3, 0.4) is 0 Å². The molecule has 3 heterocycles. The van der Waals surface area contributed by atoms with Gasteiger partial charge in [-0.3, -0.25) is 0 Å². The first-order valence-electron chi connectivity index (χ1n) is 7.25. The minimum atomic E-state index is -0.542. The predicted molar refractivity (Wildman–Crippen MR) is 86.8 cm³/mol. The lowest BCUT2D eigenvalue weighted by molar-refractivity contribution is 0.0517. The third-order valence-corrected chi connectivity index (χ3v) is 3.93. The number of nitrogens with zero attached hydrogens (tertiary/aromatic N) is 3. The van der Waals surface area contributed by atoms with Gasteiger partial charge in [0.05, 0.1) is 6.61 Å². The van der Waals surface area contributed by atoms with E-state index in [1.54, 1.807) is 25.2 Å². The van der Waals surface area contributed by atoms with Gasteiger partial charge in [-0.15, -0.1) is 0 Å². The fourth-order valence-corrected chi connectivity index (χ4v) is 2.89. The molecule has 0 aliphatic heterocycles. The summed E-state index contributed by atoms with van der Waals surface area (Å²) in [7, 11) is 0. The lowest BCUT2D eigenvalue weighted by Crippen LogP contribution is -2.10. The molecule has 0 bridgehead atoms. The minimum absolute atomic E-state index is 0.0971. The highest BCUT2D eigenvalue weighted by atomic mass is 32.1. The second-order valence-corrected chi connectivity index (χ2v) is 5.64. The van der Waals surface area contributed by atoms with Crippen molar-refractivity contribution in [2.24, 2.45) is 0 Å². The largest absolute Gasteiger partial charge is 0.461 e. The molecule has 0 aliphatic carbocycles. The number of rotatable bonds is 6. The summed E-state index contributed by atoms with van der Waals surface area (Å²) in [5.74, 6) is 0.536. The summed E-state index contributed by atoms with van der Waals surface area (Å²) in [6.45, 7) is 4.44. The predicted octanol–water partition coefficient (Wildman–Crippen LogP) is 2.82. The lowest BCUT2D eigenvalue weighted by Gasteiger charge is -2.07. The Balaban J connectivity index is 1.87. The van der Waals surface area contributed by atoms with Crippen LogP contribution in [-0.4, -0.2) is 34.2 Å². The number of anilines is 1. The second-order valence-electron chi connectivity index (χ2n) is 4.86. The average molecular weight is 332 g/mol. The first-order chi connectivity index (χ1) is 11.2. The van der Waals surface area contributed by atoms with E-state index in [2.05, 4.69) is 31.9 Å². The van der Waals surface area contributed by atoms with Gasteiger partial charge >= 0.3 is 5.97 Å². The average Bonchev–Trinajstić information content (AvgIpc) is 3.16. The zero-order valence-corrected chi connectivity index (χ0v) is 13.6. The Morgan fingerprint density at radius 3 is 3.04 bits per heavy atom. The molecule has 1 N–H and O–H groups in total. The van der Waals surface area contributed by atoms with Crippen molar-refractivity contribution in [2.75, 3.05) is 18.5 Å². The van der Waals surface area contributed by atoms with Crippen LogP contribution >= 0.6 is 11.3 Å². The van der Waals surface area contributed by atoms with Crippen molar-refractivity contribution >= 4 is 34.2 Å². The molecule has 7 nitrogen and oxygen atoms in total. The molecule has 0 amide bonds. The van der Waals surface area contributed by atoms with Crippen LogP contribution in [0.4, 0.5) is 5.82 Å². The third kappa shape index (κ3) is 3.31. The van der Waals surface area contributed by atoms with Crippen molar-refractivity contribution in [3.63, 3.8) is 0 Å². The zero-order valence-electron chi connectivity index (χ0n) is 12.8. The van der Waals surface area contributed by atoms with E-state index >= 15 is 0 Å². The Labute approximate surface area is 136 Å². The van der Waals surface area contributed by atoms with Crippen molar-refractivity contribution in [1.82, 2.24) is 15.1 Å². The Morgan fingerprint density at radius 1 is 1.43 bits per heavy atom. The Kier molecular flexibility index (Phi) is 4.52. The third-order valence-electron chi connectivity index (χ3n) is 3.20. The smallest absolute Gasteiger partial charge is 0.361 e.